The van der Waals surface area contributed by atoms with Crippen LogP contribution in [-0.4, -0.2) is 33.3 Å². The number of fused-ring (bicyclic) bond motifs is 3. The van der Waals surface area contributed by atoms with Gasteiger partial charge in [0.1, 0.15) is 17.1 Å². The van der Waals surface area contributed by atoms with Crippen molar-refractivity contribution >= 4 is 23.4 Å². The summed E-state index contributed by atoms with van der Waals surface area (Å²) < 4.78 is 14.5. The molecule has 0 radical (unpaired) electrons. The molecule has 2 saturated heterocycles. The van der Waals surface area contributed by atoms with Crippen molar-refractivity contribution in [3.05, 3.63) is 12.0 Å². The summed E-state index contributed by atoms with van der Waals surface area (Å²) >= 11 is 6.20. The zero-order valence-electron chi connectivity index (χ0n) is 12.8. The standard InChI is InChI=1S/C14H20ClN5O2/c1-4-14-5-21-13(3,7(14)2)11(22-14)20-6-17-8-9(15)18-12(16)19-10(8)20/h6-7,9,11H,4-5H2,1-3H3,(H3,16,18,19)/t7-,9?,11+,13-,14-/m0/s1. The smallest absolute Gasteiger partial charge is 0.196 e. The number of hydrogen-bond acceptors (Lipinski definition) is 6. The Balaban J connectivity index is 1.77. The number of imidazole rings is 1. The van der Waals surface area contributed by atoms with Crippen LogP contribution in [0.4, 0.5) is 5.82 Å². The van der Waals surface area contributed by atoms with Crippen LogP contribution >= 0.6 is 11.6 Å². The van der Waals surface area contributed by atoms with Gasteiger partial charge in [-0.3, -0.25) is 4.57 Å². The molecule has 1 aromatic rings. The van der Waals surface area contributed by atoms with E-state index < -0.39 is 11.1 Å². The molecule has 0 saturated carbocycles. The Kier molecular flexibility index (Phi) is 2.84. The predicted octanol–water partition coefficient (Wildman–Crippen LogP) is 1.96. The Labute approximate surface area is 133 Å². The number of nitrogens with zero attached hydrogens (tertiary/aromatic N) is 3. The van der Waals surface area contributed by atoms with Gasteiger partial charge in [-0.05, 0) is 13.3 Å². The van der Waals surface area contributed by atoms with E-state index in [1.165, 1.54) is 0 Å². The van der Waals surface area contributed by atoms with Gasteiger partial charge in [-0.25, -0.2) is 9.98 Å². The zero-order chi connectivity index (χ0) is 15.7. The van der Waals surface area contributed by atoms with Crippen LogP contribution in [0.5, 0.6) is 0 Å². The van der Waals surface area contributed by atoms with Gasteiger partial charge in [0.2, 0.25) is 0 Å². The van der Waals surface area contributed by atoms with E-state index in [0.717, 1.165) is 12.2 Å². The van der Waals surface area contributed by atoms with E-state index in [9.17, 15) is 0 Å². The zero-order valence-corrected chi connectivity index (χ0v) is 13.6. The van der Waals surface area contributed by atoms with Gasteiger partial charge in [0.05, 0.1) is 18.5 Å². The summed E-state index contributed by atoms with van der Waals surface area (Å²) in [4.78, 5) is 8.45. The number of ether oxygens (including phenoxy) is 2. The van der Waals surface area contributed by atoms with Crippen LogP contribution in [0, 0.1) is 5.92 Å². The lowest BCUT2D eigenvalue weighted by atomic mass is 9.81. The lowest BCUT2D eigenvalue weighted by molar-refractivity contribution is -0.203. The Morgan fingerprint density at radius 1 is 1.59 bits per heavy atom. The molecule has 1 aromatic heterocycles. The number of alkyl halides is 1. The molecule has 0 aromatic carbocycles. The molecule has 4 heterocycles. The van der Waals surface area contributed by atoms with Crippen LogP contribution in [0.15, 0.2) is 11.3 Å². The summed E-state index contributed by atoms with van der Waals surface area (Å²) in [5.41, 5.74) is 5.22. The molecule has 3 aliphatic rings. The van der Waals surface area contributed by atoms with Crippen LogP contribution in [0.25, 0.3) is 0 Å². The van der Waals surface area contributed by atoms with Crippen molar-refractivity contribution in [2.45, 2.75) is 50.1 Å². The molecule has 120 valence electrons. The third-order valence-corrected chi connectivity index (χ3v) is 5.82. The molecule has 1 unspecified atom stereocenters. The molecule has 0 spiro atoms. The Bertz CT molecular complexity index is 662. The van der Waals surface area contributed by atoms with E-state index >= 15 is 0 Å². The number of aromatic nitrogens is 2. The molecule has 22 heavy (non-hydrogen) atoms. The molecule has 7 nitrogen and oxygen atoms in total. The maximum Gasteiger partial charge on any atom is 0.196 e. The molecule has 5 atom stereocenters. The van der Waals surface area contributed by atoms with E-state index in [1.54, 1.807) is 6.33 Å². The summed E-state index contributed by atoms with van der Waals surface area (Å²) in [5, 5.41) is 3.05. The molecule has 8 heteroatoms. The van der Waals surface area contributed by atoms with Crippen molar-refractivity contribution in [2.75, 3.05) is 11.9 Å². The van der Waals surface area contributed by atoms with Crippen LogP contribution in [0.2, 0.25) is 0 Å². The van der Waals surface area contributed by atoms with E-state index in [-0.39, 0.29) is 23.7 Å². The summed E-state index contributed by atoms with van der Waals surface area (Å²) in [7, 11) is 0. The molecule has 2 bridgehead atoms. The van der Waals surface area contributed by atoms with Gasteiger partial charge >= 0.3 is 0 Å². The fourth-order valence-corrected chi connectivity index (χ4v) is 4.09. The molecule has 3 N–H and O–H groups in total. The van der Waals surface area contributed by atoms with E-state index in [4.69, 9.17) is 26.8 Å². The molecular formula is C14H20ClN5O2. The lowest BCUT2D eigenvalue weighted by Crippen LogP contribution is -2.40. The van der Waals surface area contributed by atoms with Gasteiger partial charge in [0.25, 0.3) is 0 Å². The van der Waals surface area contributed by atoms with Crippen LogP contribution in [-0.2, 0) is 9.47 Å². The van der Waals surface area contributed by atoms with E-state index in [1.807, 2.05) is 4.57 Å². The van der Waals surface area contributed by atoms with Crippen LogP contribution in [0.3, 0.4) is 0 Å². The van der Waals surface area contributed by atoms with E-state index in [2.05, 4.69) is 36.1 Å². The molecule has 0 amide bonds. The highest BCUT2D eigenvalue weighted by molar-refractivity contribution is 6.22. The first-order valence-electron chi connectivity index (χ1n) is 7.54. The van der Waals surface area contributed by atoms with Crippen molar-refractivity contribution in [3.8, 4) is 0 Å². The maximum absolute atomic E-state index is 6.43. The van der Waals surface area contributed by atoms with Gasteiger partial charge in [-0.2, -0.15) is 0 Å². The Morgan fingerprint density at radius 3 is 3.05 bits per heavy atom. The number of anilines is 1. The molecule has 3 aliphatic heterocycles. The monoisotopic (exact) mass is 325 g/mol. The van der Waals surface area contributed by atoms with E-state index in [0.29, 0.717) is 12.3 Å². The minimum atomic E-state index is -0.581. The highest BCUT2D eigenvalue weighted by Crippen LogP contribution is 2.58. The van der Waals surface area contributed by atoms with Crippen molar-refractivity contribution in [3.63, 3.8) is 0 Å². The average Bonchev–Trinajstić information content (AvgIpc) is 3.07. The number of hydrogen-bond donors (Lipinski definition) is 2. The van der Waals surface area contributed by atoms with Gasteiger partial charge in [0.15, 0.2) is 17.7 Å². The molecule has 2 fully saturated rings. The first kappa shape index (κ1) is 14.3. The minimum Gasteiger partial charge on any atom is -0.370 e. The second-order valence-corrected chi connectivity index (χ2v) is 6.86. The number of halogens is 1. The predicted molar refractivity (Wildman–Crippen MR) is 82.7 cm³/mol. The minimum absolute atomic E-state index is 0.245. The summed E-state index contributed by atoms with van der Waals surface area (Å²) in [5.74, 6) is 1.30. The highest BCUT2D eigenvalue weighted by atomic mass is 35.5. The van der Waals surface area contributed by atoms with Gasteiger partial charge in [-0.1, -0.05) is 25.4 Å². The largest absolute Gasteiger partial charge is 0.370 e. The SMILES string of the molecule is CC[C@]12CO[C@@](C)([C@@H]1C)[C@H](n1cnc3c1NC(N)=NC3Cl)O2. The van der Waals surface area contributed by atoms with Crippen LogP contribution in [0.1, 0.15) is 44.6 Å². The topological polar surface area (TPSA) is 86.7 Å². The summed E-state index contributed by atoms with van der Waals surface area (Å²) in [6.45, 7) is 7.05. The van der Waals surface area contributed by atoms with Gasteiger partial charge in [-0.15, -0.1) is 0 Å². The average molecular weight is 326 g/mol. The number of nitrogens with two attached hydrogens (primary N) is 1. The van der Waals surface area contributed by atoms with Gasteiger partial charge < -0.3 is 20.5 Å². The van der Waals surface area contributed by atoms with Gasteiger partial charge in [0, 0.05) is 5.92 Å². The van der Waals surface area contributed by atoms with Crippen molar-refractivity contribution < 1.29 is 9.47 Å². The summed E-state index contributed by atoms with van der Waals surface area (Å²) in [6, 6.07) is 0. The number of rotatable bonds is 2. The van der Waals surface area contributed by atoms with Crippen molar-refractivity contribution in [1.82, 2.24) is 9.55 Å². The normalized spacial score (nSPS) is 42.9. The Morgan fingerprint density at radius 2 is 2.36 bits per heavy atom. The lowest BCUT2D eigenvalue weighted by Gasteiger charge is -2.35. The third-order valence-electron chi connectivity index (χ3n) is 5.51. The molecule has 4 rings (SSSR count). The van der Waals surface area contributed by atoms with Crippen molar-refractivity contribution in [1.29, 1.82) is 0 Å². The highest BCUT2D eigenvalue weighted by Gasteiger charge is 2.66. The number of guanidine groups is 1. The second-order valence-electron chi connectivity index (χ2n) is 6.44. The molecule has 0 aliphatic carbocycles. The fourth-order valence-electron chi connectivity index (χ4n) is 3.83. The summed E-state index contributed by atoms with van der Waals surface area (Å²) in [6.07, 6.45) is 2.36. The number of aliphatic imine (C=N–C) groups is 1. The first-order valence-corrected chi connectivity index (χ1v) is 7.98. The fraction of sp³-hybridized carbons (Fsp3) is 0.714. The molecular weight excluding hydrogens is 306 g/mol. The quantitative estimate of drug-likeness (QED) is 0.641. The first-order chi connectivity index (χ1) is 10.4. The third kappa shape index (κ3) is 1.59. The second kappa shape index (κ2) is 4.37. The Hall–Kier alpha value is -1.31. The maximum atomic E-state index is 6.43. The van der Waals surface area contributed by atoms with Crippen LogP contribution < -0.4 is 11.1 Å². The van der Waals surface area contributed by atoms with Crippen molar-refractivity contribution in [2.24, 2.45) is 16.6 Å². The number of nitrogens with one attached hydrogen (secondary N) is 1.